The highest BCUT2D eigenvalue weighted by molar-refractivity contribution is 5.88. The van der Waals surface area contributed by atoms with E-state index in [1.165, 1.54) is 0 Å². The standard InChI is InChI=1S/C29H35N5O4.C2HF3O2/c30-17-6-10-24(33-27(35)12-7-19-32-26-11-4-5-18-31-26)29(38)34-25(20-28(36)37)23-15-13-22(14-16-23)21-8-2-1-3-9-21;3-2(4,5)1(6)7/h1-5,8-9,11,13-16,18,24-25H,6-7,10,12,17,19-20,30H2,(H,31,32)(H,33,35)(H,34,38)(H,36,37);(H,6,7)/t24-,25?;/m1./s1. The number of rotatable bonds is 15. The first-order valence-electron chi connectivity index (χ1n) is 14.0. The number of nitrogens with two attached hydrogens (primary N) is 1. The molecule has 242 valence electrons. The van der Waals surface area contributed by atoms with Gasteiger partial charge >= 0.3 is 18.1 Å². The molecule has 2 amide bonds. The number of benzene rings is 2. The molecule has 7 N–H and O–H groups in total. The maximum Gasteiger partial charge on any atom is 0.490 e. The van der Waals surface area contributed by atoms with Gasteiger partial charge in [0, 0.05) is 19.2 Å². The maximum absolute atomic E-state index is 13.2. The van der Waals surface area contributed by atoms with Gasteiger partial charge in [0.25, 0.3) is 0 Å². The summed E-state index contributed by atoms with van der Waals surface area (Å²) in [5.41, 5.74) is 8.34. The van der Waals surface area contributed by atoms with Gasteiger partial charge in [-0.15, -0.1) is 0 Å². The summed E-state index contributed by atoms with van der Waals surface area (Å²) in [6.07, 6.45) is -2.01. The van der Waals surface area contributed by atoms with E-state index in [9.17, 15) is 32.7 Å². The zero-order valence-corrected chi connectivity index (χ0v) is 24.3. The van der Waals surface area contributed by atoms with Gasteiger partial charge in [0.05, 0.1) is 12.5 Å². The minimum atomic E-state index is -5.08. The fraction of sp³-hybridized carbons (Fsp3) is 0.323. The third-order valence-electron chi connectivity index (χ3n) is 6.26. The molecule has 0 fully saturated rings. The molecule has 3 rings (SSSR count). The van der Waals surface area contributed by atoms with Crippen LogP contribution in [0.15, 0.2) is 79.0 Å². The second kappa shape index (κ2) is 18.6. The molecule has 11 nitrogen and oxygen atoms in total. The summed E-state index contributed by atoms with van der Waals surface area (Å²) in [5.74, 6) is -3.75. The summed E-state index contributed by atoms with van der Waals surface area (Å²) in [6.45, 7) is 0.927. The fourth-order valence-corrected chi connectivity index (χ4v) is 4.03. The van der Waals surface area contributed by atoms with E-state index in [0.717, 1.165) is 16.9 Å². The number of hydrogen-bond acceptors (Lipinski definition) is 7. The summed E-state index contributed by atoms with van der Waals surface area (Å²) in [7, 11) is 0. The molecule has 1 unspecified atom stereocenters. The largest absolute Gasteiger partial charge is 0.490 e. The molecule has 0 spiro atoms. The number of carbonyl (C=O) groups is 4. The third-order valence-corrected chi connectivity index (χ3v) is 6.26. The Hall–Kier alpha value is -4.98. The van der Waals surface area contributed by atoms with E-state index in [0.29, 0.717) is 37.9 Å². The lowest BCUT2D eigenvalue weighted by Crippen LogP contribution is -2.48. The minimum Gasteiger partial charge on any atom is -0.481 e. The molecule has 0 radical (unpaired) electrons. The molecule has 0 aliphatic rings. The number of amides is 2. The number of aliphatic carboxylic acids is 2. The molecule has 0 aliphatic carbocycles. The molecule has 0 aliphatic heterocycles. The smallest absolute Gasteiger partial charge is 0.481 e. The van der Waals surface area contributed by atoms with Crippen molar-refractivity contribution in [2.45, 2.75) is 50.4 Å². The van der Waals surface area contributed by atoms with E-state index in [4.69, 9.17) is 15.6 Å². The highest BCUT2D eigenvalue weighted by Crippen LogP contribution is 2.24. The van der Waals surface area contributed by atoms with Crippen molar-refractivity contribution < 1.29 is 42.6 Å². The molecule has 2 atom stereocenters. The van der Waals surface area contributed by atoms with E-state index >= 15 is 0 Å². The van der Waals surface area contributed by atoms with Gasteiger partial charge in [0.1, 0.15) is 11.9 Å². The van der Waals surface area contributed by atoms with Crippen LogP contribution < -0.4 is 21.7 Å². The Labute approximate surface area is 258 Å². The highest BCUT2D eigenvalue weighted by Gasteiger charge is 2.38. The van der Waals surface area contributed by atoms with Crippen molar-refractivity contribution in [3.63, 3.8) is 0 Å². The summed E-state index contributed by atoms with van der Waals surface area (Å²) in [6, 6.07) is 21.2. The molecule has 1 heterocycles. The van der Waals surface area contributed by atoms with Crippen molar-refractivity contribution in [1.29, 1.82) is 0 Å². The number of pyridine rings is 1. The summed E-state index contributed by atoms with van der Waals surface area (Å²) < 4.78 is 31.7. The van der Waals surface area contributed by atoms with Gasteiger partial charge in [-0.25, -0.2) is 9.78 Å². The van der Waals surface area contributed by atoms with Crippen LogP contribution in [0.5, 0.6) is 0 Å². The summed E-state index contributed by atoms with van der Waals surface area (Å²) in [5, 5.41) is 25.4. The van der Waals surface area contributed by atoms with Crippen LogP contribution in [0.3, 0.4) is 0 Å². The fourth-order valence-electron chi connectivity index (χ4n) is 4.03. The van der Waals surface area contributed by atoms with Gasteiger partial charge in [0.2, 0.25) is 11.8 Å². The predicted molar refractivity (Wildman–Crippen MR) is 161 cm³/mol. The number of aromatic nitrogens is 1. The number of nitrogens with one attached hydrogen (secondary N) is 3. The monoisotopic (exact) mass is 631 g/mol. The number of halogens is 3. The third kappa shape index (κ3) is 13.9. The molecule has 14 heteroatoms. The molecule has 2 aromatic carbocycles. The predicted octanol–water partition coefficient (Wildman–Crippen LogP) is 4.13. The molecular formula is C31H36F3N5O6. The highest BCUT2D eigenvalue weighted by atomic mass is 19.4. The minimum absolute atomic E-state index is 0.228. The molecule has 3 aromatic rings. The second-order valence-electron chi connectivity index (χ2n) is 9.75. The van der Waals surface area contributed by atoms with E-state index in [2.05, 4.69) is 20.9 Å². The first-order chi connectivity index (χ1) is 21.4. The number of hydrogen-bond donors (Lipinski definition) is 6. The number of carbonyl (C=O) groups excluding carboxylic acids is 2. The summed E-state index contributed by atoms with van der Waals surface area (Å²) >= 11 is 0. The quantitative estimate of drug-likeness (QED) is 0.134. The first kappa shape index (κ1) is 36.2. The zero-order chi connectivity index (χ0) is 33.2. The Kier molecular flexibility index (Phi) is 15.0. The van der Waals surface area contributed by atoms with Crippen LogP contribution in [-0.4, -0.2) is 64.3 Å². The molecule has 0 saturated carbocycles. The van der Waals surface area contributed by atoms with Crippen LogP contribution in [-0.2, 0) is 19.2 Å². The topological polar surface area (TPSA) is 184 Å². The van der Waals surface area contributed by atoms with Crippen LogP contribution in [0.4, 0.5) is 19.0 Å². The molecule has 0 saturated heterocycles. The van der Waals surface area contributed by atoms with Gasteiger partial charge in [-0.05, 0) is 54.6 Å². The molecule has 1 aromatic heterocycles. The van der Waals surface area contributed by atoms with Crippen LogP contribution in [0.2, 0.25) is 0 Å². The van der Waals surface area contributed by atoms with Gasteiger partial charge in [-0.3, -0.25) is 14.4 Å². The van der Waals surface area contributed by atoms with Crippen LogP contribution in [0.1, 0.15) is 43.7 Å². The van der Waals surface area contributed by atoms with Crippen molar-refractivity contribution in [3.8, 4) is 11.1 Å². The van der Waals surface area contributed by atoms with Gasteiger partial charge in [-0.1, -0.05) is 60.7 Å². The summed E-state index contributed by atoms with van der Waals surface area (Å²) in [4.78, 5) is 50.4. The lowest BCUT2D eigenvalue weighted by molar-refractivity contribution is -0.192. The average Bonchev–Trinajstić information content (AvgIpc) is 3.01. The van der Waals surface area contributed by atoms with Gasteiger partial charge in [-0.2, -0.15) is 13.2 Å². The number of anilines is 1. The first-order valence-corrected chi connectivity index (χ1v) is 14.0. The van der Waals surface area contributed by atoms with Crippen molar-refractivity contribution in [2.24, 2.45) is 5.73 Å². The Morgan fingerprint density at radius 1 is 0.844 bits per heavy atom. The Balaban J connectivity index is 0.000000900. The van der Waals surface area contributed by atoms with Crippen molar-refractivity contribution in [1.82, 2.24) is 15.6 Å². The zero-order valence-electron chi connectivity index (χ0n) is 24.3. The normalized spacial score (nSPS) is 12.1. The SMILES string of the molecule is NCCC[C@@H](NC(=O)CCCNc1ccccn1)C(=O)NC(CC(=O)O)c1ccc(-c2ccccc2)cc1.O=C(O)C(F)(F)F. The Bertz CT molecular complexity index is 1360. The van der Waals surface area contributed by atoms with Crippen LogP contribution >= 0.6 is 0 Å². The molecule has 0 bridgehead atoms. The Morgan fingerprint density at radius 2 is 1.47 bits per heavy atom. The van der Waals surface area contributed by atoms with Crippen LogP contribution in [0, 0.1) is 0 Å². The molecule has 45 heavy (non-hydrogen) atoms. The molecular weight excluding hydrogens is 595 g/mol. The van der Waals surface area contributed by atoms with E-state index < -0.39 is 36.1 Å². The number of carboxylic acid groups (broad SMARTS) is 2. The van der Waals surface area contributed by atoms with Gasteiger partial charge < -0.3 is 31.9 Å². The van der Waals surface area contributed by atoms with Crippen LogP contribution in [0.25, 0.3) is 11.1 Å². The number of carboxylic acids is 2. The maximum atomic E-state index is 13.2. The van der Waals surface area contributed by atoms with Crippen molar-refractivity contribution in [3.05, 3.63) is 84.6 Å². The lowest BCUT2D eigenvalue weighted by Gasteiger charge is -2.23. The number of alkyl halides is 3. The average molecular weight is 632 g/mol. The lowest BCUT2D eigenvalue weighted by atomic mass is 9.98. The van der Waals surface area contributed by atoms with Crippen molar-refractivity contribution >= 4 is 29.6 Å². The van der Waals surface area contributed by atoms with Gasteiger partial charge in [0.15, 0.2) is 0 Å². The van der Waals surface area contributed by atoms with Crippen molar-refractivity contribution in [2.75, 3.05) is 18.4 Å². The van der Waals surface area contributed by atoms with E-state index in [1.54, 1.807) is 6.20 Å². The number of nitrogens with zero attached hydrogens (tertiary/aromatic N) is 1. The van der Waals surface area contributed by atoms with E-state index in [-0.39, 0.29) is 18.7 Å². The second-order valence-corrected chi connectivity index (χ2v) is 9.75. The van der Waals surface area contributed by atoms with E-state index in [1.807, 2.05) is 72.8 Å². The Morgan fingerprint density at radius 3 is 2.02 bits per heavy atom.